The third-order valence-corrected chi connectivity index (χ3v) is 2.81. The number of nitrogens with one attached hydrogen (secondary N) is 1. The van der Waals surface area contributed by atoms with Crippen molar-refractivity contribution in [1.29, 1.82) is 0 Å². The molecule has 1 N–H and O–H groups in total. The summed E-state index contributed by atoms with van der Waals surface area (Å²) in [5, 5.41) is 11.6. The fraction of sp³-hybridized carbons (Fsp3) is 0.333. The van der Waals surface area contributed by atoms with Gasteiger partial charge in [0.1, 0.15) is 5.82 Å². The standard InChI is InChI=1S/C12H14ClFN4/c1-3-15-12-17-16-11(18(12)4-2)9-7-8(13)5-6-10(9)14/h5-7H,3-4H2,1-2H3,(H,15,17). The first-order chi connectivity index (χ1) is 8.67. The Morgan fingerprint density at radius 2 is 2.11 bits per heavy atom. The molecule has 96 valence electrons. The van der Waals surface area contributed by atoms with Gasteiger partial charge in [0.15, 0.2) is 5.82 Å². The fourth-order valence-electron chi connectivity index (χ4n) is 1.76. The van der Waals surface area contributed by atoms with Crippen LogP contribution >= 0.6 is 11.6 Å². The Morgan fingerprint density at radius 1 is 1.33 bits per heavy atom. The van der Waals surface area contributed by atoms with Crippen LogP contribution in [0, 0.1) is 5.82 Å². The lowest BCUT2D eigenvalue weighted by molar-refractivity contribution is 0.627. The van der Waals surface area contributed by atoms with Crippen molar-refractivity contribution >= 4 is 17.5 Å². The molecule has 1 heterocycles. The van der Waals surface area contributed by atoms with Gasteiger partial charge in [0, 0.05) is 18.1 Å². The molecular formula is C12H14ClFN4. The van der Waals surface area contributed by atoms with Crippen molar-refractivity contribution in [1.82, 2.24) is 14.8 Å². The van der Waals surface area contributed by atoms with Gasteiger partial charge in [0.05, 0.1) is 5.56 Å². The van der Waals surface area contributed by atoms with E-state index in [0.717, 1.165) is 6.54 Å². The van der Waals surface area contributed by atoms with E-state index in [4.69, 9.17) is 11.6 Å². The first-order valence-corrected chi connectivity index (χ1v) is 6.17. The van der Waals surface area contributed by atoms with Gasteiger partial charge >= 0.3 is 0 Å². The number of rotatable bonds is 4. The maximum Gasteiger partial charge on any atom is 0.224 e. The molecule has 0 amide bonds. The van der Waals surface area contributed by atoms with Gasteiger partial charge in [-0.3, -0.25) is 4.57 Å². The minimum absolute atomic E-state index is 0.357. The molecule has 2 aromatic rings. The number of nitrogens with zero attached hydrogens (tertiary/aromatic N) is 3. The van der Waals surface area contributed by atoms with E-state index in [2.05, 4.69) is 15.5 Å². The highest BCUT2D eigenvalue weighted by molar-refractivity contribution is 6.30. The number of anilines is 1. The van der Waals surface area contributed by atoms with E-state index in [1.807, 2.05) is 18.4 Å². The van der Waals surface area contributed by atoms with Gasteiger partial charge in [-0.2, -0.15) is 0 Å². The Kier molecular flexibility index (Phi) is 3.81. The molecule has 0 atom stereocenters. The van der Waals surface area contributed by atoms with Crippen LogP contribution in [0.1, 0.15) is 13.8 Å². The molecule has 0 aliphatic carbocycles. The van der Waals surface area contributed by atoms with Crippen molar-refractivity contribution in [2.45, 2.75) is 20.4 Å². The van der Waals surface area contributed by atoms with Gasteiger partial charge in [-0.25, -0.2) is 4.39 Å². The highest BCUT2D eigenvalue weighted by Crippen LogP contribution is 2.26. The molecule has 0 saturated heterocycles. The third-order valence-electron chi connectivity index (χ3n) is 2.57. The van der Waals surface area contributed by atoms with Crippen LogP contribution in [0.25, 0.3) is 11.4 Å². The molecule has 2 rings (SSSR count). The zero-order valence-corrected chi connectivity index (χ0v) is 11.0. The molecule has 0 unspecified atom stereocenters. The number of hydrogen-bond acceptors (Lipinski definition) is 3. The predicted molar refractivity (Wildman–Crippen MR) is 70.3 cm³/mol. The summed E-state index contributed by atoms with van der Waals surface area (Å²) < 4.78 is 15.6. The summed E-state index contributed by atoms with van der Waals surface area (Å²) in [5.74, 6) is 0.757. The Hall–Kier alpha value is -1.62. The van der Waals surface area contributed by atoms with Crippen molar-refractivity contribution in [3.05, 3.63) is 29.0 Å². The summed E-state index contributed by atoms with van der Waals surface area (Å²) in [6, 6.07) is 4.40. The molecule has 1 aromatic carbocycles. The van der Waals surface area contributed by atoms with E-state index in [1.165, 1.54) is 12.1 Å². The lowest BCUT2D eigenvalue weighted by Crippen LogP contribution is -2.07. The Morgan fingerprint density at radius 3 is 2.78 bits per heavy atom. The van der Waals surface area contributed by atoms with E-state index < -0.39 is 0 Å². The average Bonchev–Trinajstić information content (AvgIpc) is 2.75. The molecule has 1 aromatic heterocycles. The molecule has 0 aliphatic rings. The van der Waals surface area contributed by atoms with Crippen LogP contribution in [0.4, 0.5) is 10.3 Å². The van der Waals surface area contributed by atoms with Crippen molar-refractivity contribution in [2.24, 2.45) is 0 Å². The summed E-state index contributed by atoms with van der Waals surface area (Å²) >= 11 is 5.89. The van der Waals surface area contributed by atoms with E-state index in [9.17, 15) is 4.39 Å². The highest BCUT2D eigenvalue weighted by atomic mass is 35.5. The summed E-state index contributed by atoms with van der Waals surface area (Å²) in [5.41, 5.74) is 0.362. The van der Waals surface area contributed by atoms with Crippen LogP contribution in [0.3, 0.4) is 0 Å². The van der Waals surface area contributed by atoms with Crippen LogP contribution in [0.5, 0.6) is 0 Å². The van der Waals surface area contributed by atoms with Crippen molar-refractivity contribution in [3.63, 3.8) is 0 Å². The largest absolute Gasteiger partial charge is 0.355 e. The number of benzene rings is 1. The predicted octanol–water partition coefficient (Wildman–Crippen LogP) is 3.19. The van der Waals surface area contributed by atoms with Crippen molar-refractivity contribution < 1.29 is 4.39 Å². The molecule has 4 nitrogen and oxygen atoms in total. The zero-order valence-electron chi connectivity index (χ0n) is 10.2. The van der Waals surface area contributed by atoms with Crippen LogP contribution in [0.15, 0.2) is 18.2 Å². The molecule has 18 heavy (non-hydrogen) atoms. The Labute approximate surface area is 110 Å². The topological polar surface area (TPSA) is 42.7 Å². The van der Waals surface area contributed by atoms with Gasteiger partial charge < -0.3 is 5.32 Å². The fourth-order valence-corrected chi connectivity index (χ4v) is 1.93. The average molecular weight is 269 g/mol. The minimum atomic E-state index is -0.357. The van der Waals surface area contributed by atoms with Crippen molar-refractivity contribution in [3.8, 4) is 11.4 Å². The van der Waals surface area contributed by atoms with Crippen molar-refractivity contribution in [2.75, 3.05) is 11.9 Å². The summed E-state index contributed by atoms with van der Waals surface area (Å²) in [7, 11) is 0. The molecule has 0 fully saturated rings. The lowest BCUT2D eigenvalue weighted by atomic mass is 10.2. The van der Waals surface area contributed by atoms with Crippen LogP contribution in [-0.2, 0) is 6.54 Å². The number of hydrogen-bond donors (Lipinski definition) is 1. The summed E-state index contributed by atoms with van der Waals surface area (Å²) in [4.78, 5) is 0. The molecule has 0 saturated carbocycles. The zero-order chi connectivity index (χ0) is 13.1. The van der Waals surface area contributed by atoms with Crippen LogP contribution in [0.2, 0.25) is 5.02 Å². The van der Waals surface area contributed by atoms with Crippen LogP contribution in [-0.4, -0.2) is 21.3 Å². The monoisotopic (exact) mass is 268 g/mol. The lowest BCUT2D eigenvalue weighted by Gasteiger charge is -2.08. The van der Waals surface area contributed by atoms with E-state index in [1.54, 1.807) is 6.07 Å². The second-order valence-electron chi connectivity index (χ2n) is 3.75. The molecule has 0 spiro atoms. The Bertz CT molecular complexity index is 553. The second-order valence-corrected chi connectivity index (χ2v) is 4.18. The van der Waals surface area contributed by atoms with E-state index in [0.29, 0.717) is 28.9 Å². The molecule has 0 bridgehead atoms. The SMILES string of the molecule is CCNc1nnc(-c2cc(Cl)ccc2F)n1CC. The van der Waals surface area contributed by atoms with Gasteiger partial charge in [-0.15, -0.1) is 10.2 Å². The number of halogens is 2. The first-order valence-electron chi connectivity index (χ1n) is 5.79. The van der Waals surface area contributed by atoms with Gasteiger partial charge in [0.2, 0.25) is 5.95 Å². The van der Waals surface area contributed by atoms with Gasteiger partial charge in [-0.1, -0.05) is 11.6 Å². The third kappa shape index (κ3) is 2.31. The maximum atomic E-state index is 13.8. The molecule has 0 aliphatic heterocycles. The quantitative estimate of drug-likeness (QED) is 0.926. The first kappa shape index (κ1) is 12.8. The smallest absolute Gasteiger partial charge is 0.224 e. The number of aromatic nitrogens is 3. The minimum Gasteiger partial charge on any atom is -0.355 e. The second kappa shape index (κ2) is 5.35. The Balaban J connectivity index is 2.53. The van der Waals surface area contributed by atoms with Gasteiger partial charge in [-0.05, 0) is 32.0 Å². The van der Waals surface area contributed by atoms with E-state index >= 15 is 0 Å². The maximum absolute atomic E-state index is 13.8. The normalized spacial score (nSPS) is 10.7. The molecule has 0 radical (unpaired) electrons. The van der Waals surface area contributed by atoms with Gasteiger partial charge in [0.25, 0.3) is 0 Å². The molecular weight excluding hydrogens is 255 g/mol. The summed E-state index contributed by atoms with van der Waals surface area (Å²) in [6.45, 7) is 5.30. The summed E-state index contributed by atoms with van der Waals surface area (Å²) in [6.07, 6.45) is 0. The van der Waals surface area contributed by atoms with E-state index in [-0.39, 0.29) is 5.82 Å². The molecule has 6 heteroatoms. The highest BCUT2D eigenvalue weighted by Gasteiger charge is 2.15. The van der Waals surface area contributed by atoms with Crippen LogP contribution < -0.4 is 5.32 Å².